The fraction of sp³-hybridized carbons (Fsp3) is 0.462. The number of pyridine rings is 1. The van der Waals surface area contributed by atoms with E-state index in [0.717, 1.165) is 30.3 Å². The van der Waals surface area contributed by atoms with E-state index in [1.54, 1.807) is 17.8 Å². The smallest absolute Gasteiger partial charge is 0.246 e. The van der Waals surface area contributed by atoms with Crippen molar-refractivity contribution in [2.24, 2.45) is 13.0 Å². The first-order chi connectivity index (χ1) is 17.2. The molecular weight excluding hydrogens is 485 g/mol. The number of fused-ring (bicyclic) bond motifs is 1. The Hall–Kier alpha value is -3.04. The highest BCUT2D eigenvalue weighted by Gasteiger charge is 2.28. The number of halogens is 2. The highest BCUT2D eigenvalue weighted by Crippen LogP contribution is 2.35. The summed E-state index contributed by atoms with van der Waals surface area (Å²) < 4.78 is 21.6. The Morgan fingerprint density at radius 3 is 2.78 bits per heavy atom. The van der Waals surface area contributed by atoms with Gasteiger partial charge in [0, 0.05) is 49.0 Å². The fourth-order valence-corrected chi connectivity index (χ4v) is 5.24. The molecule has 1 aliphatic rings. The molecule has 2 amide bonds. The van der Waals surface area contributed by atoms with Gasteiger partial charge in [-0.2, -0.15) is 5.10 Å². The molecule has 4 rings (SSSR count). The number of nitrogens with zero attached hydrogens (tertiary/aromatic N) is 3. The van der Waals surface area contributed by atoms with Crippen molar-refractivity contribution in [2.45, 2.75) is 51.5 Å². The van der Waals surface area contributed by atoms with Crippen LogP contribution in [0.25, 0.3) is 22.0 Å². The third-order valence-corrected chi connectivity index (χ3v) is 6.89. The number of methoxy groups -OCH3 is 1. The van der Waals surface area contributed by atoms with Crippen LogP contribution in [-0.2, 0) is 21.4 Å². The SMILES string of the molecule is COCC(=O)NC1CCCC(C(=O)Nc2cc(-c3cc(F)c4nn(C)c(C(C)C)c4c3)c(Cl)cn2)C1. The maximum absolute atomic E-state index is 15.0. The zero-order valence-electron chi connectivity index (χ0n) is 20.9. The van der Waals surface area contributed by atoms with Crippen LogP contribution in [0.5, 0.6) is 0 Å². The number of anilines is 1. The molecule has 0 radical (unpaired) electrons. The molecule has 192 valence electrons. The first kappa shape index (κ1) is 26.0. The van der Waals surface area contributed by atoms with E-state index < -0.39 is 5.82 Å². The summed E-state index contributed by atoms with van der Waals surface area (Å²) in [5.41, 5.74) is 2.38. The molecule has 2 unspecified atom stereocenters. The molecule has 2 N–H and O–H groups in total. The van der Waals surface area contributed by atoms with E-state index in [2.05, 4.69) is 20.7 Å². The average Bonchev–Trinajstić information content (AvgIpc) is 3.17. The maximum Gasteiger partial charge on any atom is 0.246 e. The van der Waals surface area contributed by atoms with Crippen molar-refractivity contribution in [3.05, 3.63) is 40.9 Å². The van der Waals surface area contributed by atoms with Crippen LogP contribution in [0.2, 0.25) is 5.02 Å². The molecule has 0 bridgehead atoms. The van der Waals surface area contributed by atoms with Crippen molar-refractivity contribution in [3.8, 4) is 11.1 Å². The number of nitrogens with one attached hydrogen (secondary N) is 2. The van der Waals surface area contributed by atoms with Crippen LogP contribution in [-0.4, -0.2) is 46.3 Å². The molecule has 1 aromatic carbocycles. The Balaban J connectivity index is 1.56. The first-order valence-corrected chi connectivity index (χ1v) is 12.5. The minimum absolute atomic E-state index is 0.00503. The van der Waals surface area contributed by atoms with Gasteiger partial charge in [-0.3, -0.25) is 14.3 Å². The van der Waals surface area contributed by atoms with Gasteiger partial charge in [0.15, 0.2) is 5.82 Å². The topological polar surface area (TPSA) is 98.1 Å². The van der Waals surface area contributed by atoms with Crippen molar-refractivity contribution in [3.63, 3.8) is 0 Å². The summed E-state index contributed by atoms with van der Waals surface area (Å²) in [6, 6.07) is 4.87. The molecule has 8 nitrogen and oxygen atoms in total. The van der Waals surface area contributed by atoms with Gasteiger partial charge in [0.1, 0.15) is 17.9 Å². The molecule has 3 aromatic rings. The Kier molecular flexibility index (Phi) is 7.90. The van der Waals surface area contributed by atoms with Gasteiger partial charge in [0.05, 0.1) is 5.02 Å². The second-order valence-corrected chi connectivity index (χ2v) is 10.0. The van der Waals surface area contributed by atoms with E-state index in [4.69, 9.17) is 16.3 Å². The second-order valence-electron chi connectivity index (χ2n) is 9.62. The first-order valence-electron chi connectivity index (χ1n) is 12.1. The summed E-state index contributed by atoms with van der Waals surface area (Å²) in [4.78, 5) is 29.1. The normalized spacial score (nSPS) is 18.0. The molecule has 2 aromatic heterocycles. The number of rotatable bonds is 7. The molecule has 1 aliphatic carbocycles. The van der Waals surface area contributed by atoms with Gasteiger partial charge in [-0.25, -0.2) is 9.37 Å². The number of carbonyl (C=O) groups is 2. The number of amides is 2. The Morgan fingerprint density at radius 2 is 2.06 bits per heavy atom. The lowest BCUT2D eigenvalue weighted by atomic mass is 9.85. The highest BCUT2D eigenvalue weighted by atomic mass is 35.5. The van der Waals surface area contributed by atoms with Crippen LogP contribution in [0.15, 0.2) is 24.4 Å². The van der Waals surface area contributed by atoms with Crippen molar-refractivity contribution < 1.29 is 18.7 Å². The molecule has 0 spiro atoms. The van der Waals surface area contributed by atoms with Gasteiger partial charge in [0.2, 0.25) is 11.8 Å². The minimum Gasteiger partial charge on any atom is -0.375 e. The number of ether oxygens (including phenoxy) is 1. The Morgan fingerprint density at radius 1 is 1.28 bits per heavy atom. The van der Waals surface area contributed by atoms with Gasteiger partial charge >= 0.3 is 0 Å². The van der Waals surface area contributed by atoms with E-state index >= 15 is 4.39 Å². The third kappa shape index (κ3) is 5.52. The minimum atomic E-state index is -0.438. The standard InChI is InChI=1S/C26H31ClFN5O3/c1-14(2)25-19-9-16(10-21(28)24(19)32-33(25)3)18-11-22(29-12-20(18)27)31-26(35)15-6-5-7-17(8-15)30-23(34)13-36-4/h9-12,14-15,17H,5-8,13H2,1-4H3,(H,30,34)(H,29,31,35). The van der Waals surface area contributed by atoms with Gasteiger partial charge in [0.25, 0.3) is 0 Å². The summed E-state index contributed by atoms with van der Waals surface area (Å²) in [5.74, 6) is -0.572. The molecule has 2 atom stereocenters. The molecule has 10 heteroatoms. The molecule has 2 heterocycles. The van der Waals surface area contributed by atoms with Crippen LogP contribution in [0, 0.1) is 11.7 Å². The monoisotopic (exact) mass is 515 g/mol. The van der Waals surface area contributed by atoms with Crippen LogP contribution < -0.4 is 10.6 Å². The number of aromatic nitrogens is 3. The number of hydrogen-bond acceptors (Lipinski definition) is 5. The van der Waals surface area contributed by atoms with E-state index in [0.29, 0.717) is 33.9 Å². The van der Waals surface area contributed by atoms with Crippen molar-refractivity contribution in [2.75, 3.05) is 19.0 Å². The van der Waals surface area contributed by atoms with Crippen LogP contribution in [0.3, 0.4) is 0 Å². The largest absolute Gasteiger partial charge is 0.375 e. The van der Waals surface area contributed by atoms with Gasteiger partial charge in [-0.15, -0.1) is 0 Å². The van der Waals surface area contributed by atoms with Gasteiger partial charge < -0.3 is 15.4 Å². The summed E-state index contributed by atoms with van der Waals surface area (Å²) in [6.45, 7) is 4.06. The van der Waals surface area contributed by atoms with E-state index in [1.165, 1.54) is 19.4 Å². The van der Waals surface area contributed by atoms with Crippen LogP contribution >= 0.6 is 11.6 Å². The second kappa shape index (κ2) is 10.9. The molecule has 36 heavy (non-hydrogen) atoms. The molecule has 1 saturated carbocycles. The highest BCUT2D eigenvalue weighted by molar-refractivity contribution is 6.33. The fourth-order valence-electron chi connectivity index (χ4n) is 5.03. The van der Waals surface area contributed by atoms with Gasteiger partial charge in [-0.05, 0) is 48.9 Å². The lowest BCUT2D eigenvalue weighted by Gasteiger charge is -2.29. The van der Waals surface area contributed by atoms with Crippen molar-refractivity contribution >= 4 is 40.1 Å². The lowest BCUT2D eigenvalue weighted by Crippen LogP contribution is -2.42. The zero-order chi connectivity index (χ0) is 26.0. The lowest BCUT2D eigenvalue weighted by molar-refractivity contribution is -0.127. The Labute approximate surface area is 214 Å². The number of carbonyl (C=O) groups excluding carboxylic acids is 2. The Bertz CT molecular complexity index is 1290. The van der Waals surface area contributed by atoms with Gasteiger partial charge in [-0.1, -0.05) is 31.9 Å². The zero-order valence-corrected chi connectivity index (χ0v) is 21.7. The molecule has 0 saturated heterocycles. The van der Waals surface area contributed by atoms with Crippen molar-refractivity contribution in [1.82, 2.24) is 20.1 Å². The predicted molar refractivity (Wildman–Crippen MR) is 137 cm³/mol. The van der Waals surface area contributed by atoms with E-state index in [-0.39, 0.29) is 36.3 Å². The number of benzene rings is 1. The van der Waals surface area contributed by atoms with Crippen molar-refractivity contribution in [1.29, 1.82) is 0 Å². The van der Waals surface area contributed by atoms with Crippen LogP contribution in [0.4, 0.5) is 10.2 Å². The number of hydrogen-bond donors (Lipinski definition) is 2. The molecule has 1 fully saturated rings. The average molecular weight is 516 g/mol. The summed E-state index contributed by atoms with van der Waals surface area (Å²) in [5, 5.41) is 11.2. The van der Waals surface area contributed by atoms with E-state index in [1.807, 2.05) is 19.9 Å². The maximum atomic E-state index is 15.0. The molecule has 0 aliphatic heterocycles. The summed E-state index contributed by atoms with van der Waals surface area (Å²) in [7, 11) is 3.27. The van der Waals surface area contributed by atoms with E-state index in [9.17, 15) is 9.59 Å². The quantitative estimate of drug-likeness (QED) is 0.470. The van der Waals surface area contributed by atoms with Crippen LogP contribution in [0.1, 0.15) is 51.1 Å². The predicted octanol–water partition coefficient (Wildman–Crippen LogP) is 4.81. The summed E-state index contributed by atoms with van der Waals surface area (Å²) >= 11 is 6.45. The third-order valence-electron chi connectivity index (χ3n) is 6.59. The number of aryl methyl sites for hydroxylation is 1. The molecular formula is C26H31ClFN5O3. The summed E-state index contributed by atoms with van der Waals surface area (Å²) in [6.07, 6.45) is 4.38.